The minimum Gasteiger partial charge on any atom is -0.380 e. The molecule has 0 spiro atoms. The molecule has 2 unspecified atom stereocenters. The van der Waals surface area contributed by atoms with Crippen LogP contribution in [0.5, 0.6) is 0 Å². The highest BCUT2D eigenvalue weighted by Crippen LogP contribution is 2.29. The van der Waals surface area contributed by atoms with Gasteiger partial charge in [0.1, 0.15) is 6.04 Å². The van der Waals surface area contributed by atoms with E-state index in [0.717, 1.165) is 44.8 Å². The number of hydrogen-bond acceptors (Lipinski definition) is 6. The van der Waals surface area contributed by atoms with Gasteiger partial charge in [-0.15, -0.1) is 0 Å². The monoisotopic (exact) mass is 398 g/mol. The van der Waals surface area contributed by atoms with Crippen molar-refractivity contribution in [3.05, 3.63) is 34.9 Å². The first-order valence-electron chi connectivity index (χ1n) is 10.4. The second-order valence-electron chi connectivity index (χ2n) is 8.39. The van der Waals surface area contributed by atoms with Gasteiger partial charge in [0.15, 0.2) is 0 Å². The third-order valence-corrected chi connectivity index (χ3v) is 6.56. The van der Waals surface area contributed by atoms with Crippen molar-refractivity contribution >= 4 is 17.7 Å². The van der Waals surface area contributed by atoms with E-state index in [1.54, 1.807) is 4.90 Å². The number of imide groups is 1. The molecule has 4 aliphatic heterocycles. The number of nitrogens with one attached hydrogen (secondary N) is 2. The molecular formula is C21H26N4O4. The molecule has 4 heterocycles. The number of hydrogen-bond donors (Lipinski definition) is 2. The van der Waals surface area contributed by atoms with E-state index >= 15 is 0 Å². The van der Waals surface area contributed by atoms with Gasteiger partial charge in [-0.3, -0.25) is 24.6 Å². The Labute approximate surface area is 169 Å². The molecule has 3 fully saturated rings. The summed E-state index contributed by atoms with van der Waals surface area (Å²) in [7, 11) is 0. The van der Waals surface area contributed by atoms with E-state index in [-0.39, 0.29) is 24.1 Å². The Balaban J connectivity index is 1.32. The zero-order valence-corrected chi connectivity index (χ0v) is 16.4. The number of nitrogens with zero attached hydrogens (tertiary/aromatic N) is 2. The van der Waals surface area contributed by atoms with Gasteiger partial charge >= 0.3 is 0 Å². The highest BCUT2D eigenvalue weighted by molar-refractivity contribution is 6.05. The van der Waals surface area contributed by atoms with E-state index < -0.39 is 6.04 Å². The van der Waals surface area contributed by atoms with Crippen LogP contribution in [0.3, 0.4) is 0 Å². The van der Waals surface area contributed by atoms with Gasteiger partial charge in [0.05, 0.1) is 6.61 Å². The number of ether oxygens (including phenoxy) is 1. The molecule has 0 saturated carbocycles. The summed E-state index contributed by atoms with van der Waals surface area (Å²) in [5.41, 5.74) is 2.81. The molecule has 4 aliphatic rings. The van der Waals surface area contributed by atoms with Crippen LogP contribution in [0.25, 0.3) is 0 Å². The summed E-state index contributed by atoms with van der Waals surface area (Å²) < 4.78 is 5.61. The number of carbonyl (C=O) groups is 3. The number of fused-ring (bicyclic) bond motifs is 1. The van der Waals surface area contributed by atoms with Crippen molar-refractivity contribution in [3.63, 3.8) is 0 Å². The zero-order valence-electron chi connectivity index (χ0n) is 16.4. The average Bonchev–Trinajstić information content (AvgIpc) is 3.28. The quantitative estimate of drug-likeness (QED) is 0.679. The molecule has 0 aromatic heterocycles. The van der Waals surface area contributed by atoms with Crippen molar-refractivity contribution in [2.45, 2.75) is 50.5 Å². The summed E-state index contributed by atoms with van der Waals surface area (Å²) in [6.07, 6.45) is 1.72. The van der Waals surface area contributed by atoms with Crippen molar-refractivity contribution in [2.75, 3.05) is 26.3 Å². The van der Waals surface area contributed by atoms with E-state index in [2.05, 4.69) is 21.6 Å². The molecule has 154 valence electrons. The number of amides is 3. The maximum absolute atomic E-state index is 12.9. The van der Waals surface area contributed by atoms with Crippen LogP contribution < -0.4 is 10.6 Å². The minimum absolute atomic E-state index is 0.120. The Morgan fingerprint density at radius 2 is 2.00 bits per heavy atom. The Hall–Kier alpha value is -2.29. The summed E-state index contributed by atoms with van der Waals surface area (Å²) in [5, 5.41) is 5.70. The van der Waals surface area contributed by atoms with Crippen LogP contribution in [0.1, 0.15) is 40.7 Å². The van der Waals surface area contributed by atoms with Crippen LogP contribution in [-0.4, -0.2) is 72.0 Å². The minimum atomic E-state index is -0.566. The van der Waals surface area contributed by atoms with Crippen LogP contribution >= 0.6 is 0 Å². The lowest BCUT2D eigenvalue weighted by atomic mass is 10.0. The van der Waals surface area contributed by atoms with E-state index in [1.807, 2.05) is 12.1 Å². The van der Waals surface area contributed by atoms with Crippen molar-refractivity contribution in [2.24, 2.45) is 0 Å². The molecule has 8 heteroatoms. The van der Waals surface area contributed by atoms with Crippen LogP contribution in [-0.2, 0) is 27.4 Å². The first kappa shape index (κ1) is 18.7. The molecule has 0 radical (unpaired) electrons. The molecular weight excluding hydrogens is 372 g/mol. The largest absolute Gasteiger partial charge is 0.380 e. The van der Waals surface area contributed by atoms with Gasteiger partial charge in [0.25, 0.3) is 5.91 Å². The van der Waals surface area contributed by atoms with Crippen LogP contribution in [0, 0.1) is 0 Å². The summed E-state index contributed by atoms with van der Waals surface area (Å²) in [5.74, 6) is -0.753. The number of carbonyl (C=O) groups excluding carboxylic acids is 3. The molecule has 1 aromatic carbocycles. The second-order valence-corrected chi connectivity index (χ2v) is 8.39. The smallest absolute Gasteiger partial charge is 0.255 e. The maximum Gasteiger partial charge on any atom is 0.255 e. The highest BCUT2D eigenvalue weighted by Gasteiger charge is 2.39. The molecule has 8 nitrogen and oxygen atoms in total. The summed E-state index contributed by atoms with van der Waals surface area (Å²) in [4.78, 5) is 40.6. The third-order valence-electron chi connectivity index (χ3n) is 6.56. The van der Waals surface area contributed by atoms with Crippen molar-refractivity contribution in [3.8, 4) is 0 Å². The molecule has 2 N–H and O–H groups in total. The van der Waals surface area contributed by atoms with Crippen LogP contribution in [0.2, 0.25) is 0 Å². The fourth-order valence-corrected chi connectivity index (χ4v) is 4.78. The van der Waals surface area contributed by atoms with E-state index in [9.17, 15) is 14.4 Å². The van der Waals surface area contributed by atoms with Gasteiger partial charge in [-0.2, -0.15) is 0 Å². The normalized spacial score (nSPS) is 27.3. The summed E-state index contributed by atoms with van der Waals surface area (Å²) >= 11 is 0. The fourth-order valence-electron chi connectivity index (χ4n) is 4.78. The van der Waals surface area contributed by atoms with Gasteiger partial charge in [-0.1, -0.05) is 12.1 Å². The molecule has 3 saturated heterocycles. The molecule has 29 heavy (non-hydrogen) atoms. The van der Waals surface area contributed by atoms with Crippen LogP contribution in [0.15, 0.2) is 18.2 Å². The standard InChI is InChI=1S/C21H26N4O4/c26-19-4-3-18(20(27)23-19)25-11-14-7-13(1-2-17(14)21(25)28)10-24(16-8-22-9-16)15-5-6-29-12-15/h1-2,7,15-16,18,22H,3-6,8-12H2,(H,23,26,27). The van der Waals surface area contributed by atoms with Gasteiger partial charge in [0, 0.05) is 56.9 Å². The Morgan fingerprint density at radius 3 is 2.69 bits per heavy atom. The number of piperidine rings is 1. The molecule has 0 aliphatic carbocycles. The summed E-state index contributed by atoms with van der Waals surface area (Å²) in [6.45, 7) is 4.86. The van der Waals surface area contributed by atoms with Gasteiger partial charge in [-0.25, -0.2) is 0 Å². The number of benzene rings is 1. The summed E-state index contributed by atoms with van der Waals surface area (Å²) in [6, 6.07) is 6.42. The van der Waals surface area contributed by atoms with Gasteiger partial charge in [0.2, 0.25) is 11.8 Å². The SMILES string of the molecule is O=C1CCC(N2Cc3cc(CN(C4CNC4)C4CCOC4)ccc3C2=O)C(=O)N1. The molecule has 0 bridgehead atoms. The zero-order chi connectivity index (χ0) is 20.0. The average molecular weight is 398 g/mol. The molecule has 5 rings (SSSR count). The number of rotatable bonds is 5. The maximum atomic E-state index is 12.9. The van der Waals surface area contributed by atoms with Crippen molar-refractivity contribution in [1.29, 1.82) is 0 Å². The van der Waals surface area contributed by atoms with Gasteiger partial charge in [-0.05, 0) is 30.0 Å². The Kier molecular flexibility index (Phi) is 4.85. The lowest BCUT2D eigenvalue weighted by Gasteiger charge is -2.41. The molecule has 3 amide bonds. The van der Waals surface area contributed by atoms with Crippen LogP contribution in [0.4, 0.5) is 0 Å². The Morgan fingerprint density at radius 1 is 1.14 bits per heavy atom. The Bertz CT molecular complexity index is 847. The molecule has 2 atom stereocenters. The first-order valence-corrected chi connectivity index (χ1v) is 10.4. The lowest BCUT2D eigenvalue weighted by Crippen LogP contribution is -2.59. The second kappa shape index (κ2) is 7.51. The van der Waals surface area contributed by atoms with Crippen molar-refractivity contribution < 1.29 is 19.1 Å². The van der Waals surface area contributed by atoms with E-state index in [4.69, 9.17) is 4.74 Å². The predicted octanol–water partition coefficient (Wildman–Crippen LogP) is 0.0103. The van der Waals surface area contributed by atoms with E-state index in [1.165, 1.54) is 5.56 Å². The predicted molar refractivity (Wildman–Crippen MR) is 104 cm³/mol. The molecule has 1 aromatic rings. The topological polar surface area (TPSA) is 91.0 Å². The fraction of sp³-hybridized carbons (Fsp3) is 0.571. The third kappa shape index (κ3) is 3.45. The highest BCUT2D eigenvalue weighted by atomic mass is 16.5. The lowest BCUT2D eigenvalue weighted by molar-refractivity contribution is -0.136. The first-order chi connectivity index (χ1) is 14.1. The van der Waals surface area contributed by atoms with E-state index in [0.29, 0.717) is 30.6 Å². The van der Waals surface area contributed by atoms with Crippen molar-refractivity contribution in [1.82, 2.24) is 20.4 Å². The van der Waals surface area contributed by atoms with Gasteiger partial charge < -0.3 is 15.0 Å².